The van der Waals surface area contributed by atoms with E-state index in [9.17, 15) is 0 Å². The minimum Gasteiger partial charge on any atom is -0.326 e. The van der Waals surface area contributed by atoms with Crippen LogP contribution >= 0.6 is 34.7 Å². The third-order valence-corrected chi connectivity index (χ3v) is 4.33. The smallest absolute Gasteiger partial charge is 0.0646 e. The van der Waals surface area contributed by atoms with Gasteiger partial charge in [0.2, 0.25) is 0 Å². The molecule has 0 spiro atoms. The molecule has 1 heterocycles. The molecule has 0 amide bonds. The SMILES string of the molecule is NCc1ccc(Cl)cc1Sc1cccs1. The molecule has 0 saturated heterocycles. The van der Waals surface area contributed by atoms with Gasteiger partial charge in [0.05, 0.1) is 4.21 Å². The van der Waals surface area contributed by atoms with Crippen LogP contribution in [0.4, 0.5) is 0 Å². The highest BCUT2D eigenvalue weighted by molar-refractivity contribution is 8.01. The molecule has 1 aromatic carbocycles. The van der Waals surface area contributed by atoms with Gasteiger partial charge >= 0.3 is 0 Å². The van der Waals surface area contributed by atoms with E-state index in [1.165, 1.54) is 4.21 Å². The fourth-order valence-electron chi connectivity index (χ4n) is 1.22. The molecule has 78 valence electrons. The van der Waals surface area contributed by atoms with Crippen molar-refractivity contribution in [3.63, 3.8) is 0 Å². The topological polar surface area (TPSA) is 26.0 Å². The van der Waals surface area contributed by atoms with E-state index >= 15 is 0 Å². The molecule has 0 aliphatic heterocycles. The summed E-state index contributed by atoms with van der Waals surface area (Å²) in [6.45, 7) is 0.547. The van der Waals surface area contributed by atoms with Crippen molar-refractivity contribution >= 4 is 34.7 Å². The van der Waals surface area contributed by atoms with E-state index in [1.54, 1.807) is 23.1 Å². The number of thiophene rings is 1. The van der Waals surface area contributed by atoms with Crippen molar-refractivity contribution in [2.45, 2.75) is 15.6 Å². The first-order valence-corrected chi connectivity index (χ1v) is 6.57. The lowest BCUT2D eigenvalue weighted by Crippen LogP contribution is -1.97. The summed E-state index contributed by atoms with van der Waals surface area (Å²) < 4.78 is 1.26. The van der Waals surface area contributed by atoms with Crippen LogP contribution in [0.5, 0.6) is 0 Å². The molecule has 0 unspecified atom stereocenters. The van der Waals surface area contributed by atoms with E-state index in [-0.39, 0.29) is 0 Å². The molecule has 1 nitrogen and oxygen atoms in total. The normalized spacial score (nSPS) is 10.5. The molecular formula is C11H10ClNS2. The Balaban J connectivity index is 2.30. The number of benzene rings is 1. The third-order valence-electron chi connectivity index (χ3n) is 1.95. The number of hydrogen-bond donors (Lipinski definition) is 1. The van der Waals surface area contributed by atoms with E-state index in [1.807, 2.05) is 24.3 Å². The zero-order valence-corrected chi connectivity index (χ0v) is 10.3. The van der Waals surface area contributed by atoms with Gasteiger partial charge in [-0.2, -0.15) is 0 Å². The lowest BCUT2D eigenvalue weighted by atomic mass is 10.2. The van der Waals surface area contributed by atoms with Gasteiger partial charge in [0.25, 0.3) is 0 Å². The maximum Gasteiger partial charge on any atom is 0.0646 e. The van der Waals surface area contributed by atoms with Gasteiger partial charge < -0.3 is 5.73 Å². The molecule has 15 heavy (non-hydrogen) atoms. The zero-order valence-electron chi connectivity index (χ0n) is 7.94. The molecule has 0 saturated carbocycles. The van der Waals surface area contributed by atoms with E-state index in [2.05, 4.69) is 11.4 Å². The van der Waals surface area contributed by atoms with Crippen molar-refractivity contribution in [3.05, 3.63) is 46.3 Å². The highest BCUT2D eigenvalue weighted by Gasteiger charge is 2.04. The minimum atomic E-state index is 0.547. The average Bonchev–Trinajstić information content (AvgIpc) is 2.71. The van der Waals surface area contributed by atoms with Gasteiger partial charge in [-0.25, -0.2) is 0 Å². The van der Waals surface area contributed by atoms with Crippen LogP contribution in [0.15, 0.2) is 44.8 Å². The Labute approximate surface area is 102 Å². The first kappa shape index (κ1) is 11.0. The lowest BCUT2D eigenvalue weighted by molar-refractivity contribution is 1.03. The van der Waals surface area contributed by atoms with Crippen molar-refractivity contribution in [2.24, 2.45) is 5.73 Å². The van der Waals surface area contributed by atoms with Gasteiger partial charge in [-0.1, -0.05) is 35.5 Å². The van der Waals surface area contributed by atoms with E-state index < -0.39 is 0 Å². The highest BCUT2D eigenvalue weighted by atomic mass is 35.5. The summed E-state index contributed by atoms with van der Waals surface area (Å²) in [5.41, 5.74) is 6.81. The Hall–Kier alpha value is -0.480. The van der Waals surface area contributed by atoms with Crippen molar-refractivity contribution in [1.82, 2.24) is 0 Å². The fourth-order valence-corrected chi connectivity index (χ4v) is 3.37. The summed E-state index contributed by atoms with van der Waals surface area (Å²) in [5, 5.41) is 2.82. The van der Waals surface area contributed by atoms with Crippen LogP contribution in [-0.4, -0.2) is 0 Å². The maximum atomic E-state index is 5.96. The summed E-state index contributed by atoms with van der Waals surface area (Å²) in [6, 6.07) is 9.96. The zero-order chi connectivity index (χ0) is 10.7. The molecule has 0 bridgehead atoms. The molecule has 0 fully saturated rings. The molecule has 0 radical (unpaired) electrons. The van der Waals surface area contributed by atoms with Crippen molar-refractivity contribution in [2.75, 3.05) is 0 Å². The van der Waals surface area contributed by atoms with E-state index in [0.717, 1.165) is 15.5 Å². The Kier molecular flexibility index (Phi) is 3.70. The third kappa shape index (κ3) is 2.75. The minimum absolute atomic E-state index is 0.547. The first-order chi connectivity index (χ1) is 7.29. The fraction of sp³-hybridized carbons (Fsp3) is 0.0909. The second-order valence-electron chi connectivity index (χ2n) is 2.99. The second kappa shape index (κ2) is 5.03. The van der Waals surface area contributed by atoms with Crippen molar-refractivity contribution < 1.29 is 0 Å². The number of nitrogens with two attached hydrogens (primary N) is 1. The summed E-state index contributed by atoms with van der Waals surface area (Å²) >= 11 is 9.40. The molecule has 0 atom stereocenters. The number of halogens is 1. The predicted octanol–water partition coefficient (Wildman–Crippen LogP) is 4.01. The maximum absolute atomic E-state index is 5.96. The summed E-state index contributed by atoms with van der Waals surface area (Å²) in [5.74, 6) is 0. The number of rotatable bonds is 3. The Bertz CT molecular complexity index is 440. The van der Waals surface area contributed by atoms with Crippen molar-refractivity contribution in [3.8, 4) is 0 Å². The standard InChI is InChI=1S/C11H10ClNS2/c12-9-4-3-8(7-13)10(6-9)15-11-2-1-5-14-11/h1-6H,7,13H2. The first-order valence-electron chi connectivity index (χ1n) is 4.49. The largest absolute Gasteiger partial charge is 0.326 e. The van der Waals surface area contributed by atoms with Crippen LogP contribution in [0.2, 0.25) is 5.02 Å². The molecule has 0 aliphatic carbocycles. The molecule has 1 aromatic heterocycles. The lowest BCUT2D eigenvalue weighted by Gasteiger charge is -2.06. The second-order valence-corrected chi connectivity index (χ2v) is 5.72. The van der Waals surface area contributed by atoms with Gasteiger partial charge in [0.15, 0.2) is 0 Å². The van der Waals surface area contributed by atoms with Crippen LogP contribution in [0.3, 0.4) is 0 Å². The van der Waals surface area contributed by atoms with E-state index in [0.29, 0.717) is 6.54 Å². The Morgan fingerprint density at radius 1 is 1.33 bits per heavy atom. The summed E-state index contributed by atoms with van der Waals surface area (Å²) in [6.07, 6.45) is 0. The van der Waals surface area contributed by atoms with Crippen LogP contribution in [0, 0.1) is 0 Å². The molecule has 2 N–H and O–H groups in total. The summed E-state index contributed by atoms with van der Waals surface area (Å²) in [4.78, 5) is 1.15. The van der Waals surface area contributed by atoms with Crippen molar-refractivity contribution in [1.29, 1.82) is 0 Å². The van der Waals surface area contributed by atoms with Crippen LogP contribution in [-0.2, 0) is 6.54 Å². The molecule has 0 aliphatic rings. The highest BCUT2D eigenvalue weighted by Crippen LogP contribution is 2.34. The predicted molar refractivity (Wildman–Crippen MR) is 67.8 cm³/mol. The molecular weight excluding hydrogens is 246 g/mol. The van der Waals surface area contributed by atoms with Gasteiger partial charge in [-0.3, -0.25) is 0 Å². The monoisotopic (exact) mass is 255 g/mol. The average molecular weight is 256 g/mol. The quantitative estimate of drug-likeness (QED) is 0.897. The molecule has 2 rings (SSSR count). The number of hydrogen-bond acceptors (Lipinski definition) is 3. The van der Waals surface area contributed by atoms with Gasteiger partial charge in [0, 0.05) is 16.5 Å². The van der Waals surface area contributed by atoms with E-state index in [4.69, 9.17) is 17.3 Å². The Morgan fingerprint density at radius 3 is 2.87 bits per heavy atom. The molecule has 2 aromatic rings. The van der Waals surface area contributed by atoms with Gasteiger partial charge in [0.1, 0.15) is 0 Å². The van der Waals surface area contributed by atoms with Gasteiger partial charge in [-0.15, -0.1) is 11.3 Å². The molecule has 4 heteroatoms. The van der Waals surface area contributed by atoms with Gasteiger partial charge in [-0.05, 0) is 29.1 Å². The Morgan fingerprint density at radius 2 is 2.20 bits per heavy atom. The summed E-state index contributed by atoms with van der Waals surface area (Å²) in [7, 11) is 0. The van der Waals surface area contributed by atoms with Crippen LogP contribution in [0.1, 0.15) is 5.56 Å². The van der Waals surface area contributed by atoms with Crippen LogP contribution in [0.25, 0.3) is 0 Å². The van der Waals surface area contributed by atoms with Crippen LogP contribution < -0.4 is 5.73 Å².